The Labute approximate surface area is 114 Å². The highest BCUT2D eigenvalue weighted by Gasteiger charge is 2.27. The van der Waals surface area contributed by atoms with Crippen molar-refractivity contribution in [2.24, 2.45) is 5.92 Å². The molecule has 4 nitrogen and oxygen atoms in total. The summed E-state index contributed by atoms with van der Waals surface area (Å²) < 4.78 is 4.88. The molecule has 0 saturated carbocycles. The van der Waals surface area contributed by atoms with Crippen molar-refractivity contribution >= 4 is 11.7 Å². The summed E-state index contributed by atoms with van der Waals surface area (Å²) in [6.45, 7) is 7.24. The van der Waals surface area contributed by atoms with E-state index in [1.807, 2.05) is 24.3 Å². The van der Waals surface area contributed by atoms with Crippen molar-refractivity contribution in [3.8, 4) is 0 Å². The van der Waals surface area contributed by atoms with Crippen LogP contribution >= 0.6 is 0 Å². The maximum absolute atomic E-state index is 11.9. The number of methoxy groups -OCH3 is 1. The minimum Gasteiger partial charge on any atom is -0.465 e. The van der Waals surface area contributed by atoms with Gasteiger partial charge in [0.05, 0.1) is 18.4 Å². The van der Waals surface area contributed by atoms with Crippen molar-refractivity contribution in [2.75, 3.05) is 31.6 Å². The van der Waals surface area contributed by atoms with Gasteiger partial charge < -0.3 is 15.0 Å². The van der Waals surface area contributed by atoms with E-state index < -0.39 is 0 Å². The molecule has 104 valence electrons. The zero-order valence-corrected chi connectivity index (χ0v) is 11.8. The zero-order valence-electron chi connectivity index (χ0n) is 11.8. The van der Waals surface area contributed by atoms with E-state index in [0.717, 1.165) is 25.3 Å². The summed E-state index contributed by atoms with van der Waals surface area (Å²) in [7, 11) is 1.43. The molecule has 0 radical (unpaired) electrons. The first-order valence-electron chi connectivity index (χ1n) is 6.80. The molecule has 1 unspecified atom stereocenters. The van der Waals surface area contributed by atoms with Crippen LogP contribution in [0.3, 0.4) is 0 Å². The molecule has 0 aromatic heterocycles. The third-order valence-corrected chi connectivity index (χ3v) is 3.67. The van der Waals surface area contributed by atoms with Crippen LogP contribution in [-0.4, -0.2) is 38.8 Å². The van der Waals surface area contributed by atoms with Crippen molar-refractivity contribution in [2.45, 2.75) is 19.9 Å². The molecule has 1 aliphatic rings. The fraction of sp³-hybridized carbons (Fsp3) is 0.533. The fourth-order valence-electron chi connectivity index (χ4n) is 2.63. The lowest BCUT2D eigenvalue weighted by atomic mass is 9.98. The number of nitrogens with one attached hydrogen (secondary N) is 1. The van der Waals surface area contributed by atoms with Crippen molar-refractivity contribution in [1.82, 2.24) is 5.32 Å². The third kappa shape index (κ3) is 2.89. The van der Waals surface area contributed by atoms with Crippen LogP contribution in [0, 0.1) is 5.92 Å². The summed E-state index contributed by atoms with van der Waals surface area (Å²) in [6.07, 6.45) is 0. The van der Waals surface area contributed by atoms with Gasteiger partial charge >= 0.3 is 5.97 Å². The molecule has 1 fully saturated rings. The van der Waals surface area contributed by atoms with E-state index in [9.17, 15) is 4.79 Å². The molecular formula is C15H22N2O2. The molecule has 2 rings (SSSR count). The Bertz CT molecular complexity index is 446. The number of piperazine rings is 1. The van der Waals surface area contributed by atoms with Crippen LogP contribution in [0.5, 0.6) is 0 Å². The quantitative estimate of drug-likeness (QED) is 0.845. The predicted octanol–water partition coefficient (Wildman–Crippen LogP) is 1.91. The second kappa shape index (κ2) is 6.06. The van der Waals surface area contributed by atoms with Gasteiger partial charge in [-0.1, -0.05) is 26.0 Å². The SMILES string of the molecule is COC(=O)c1ccccc1N1CCNCC1C(C)C. The third-order valence-electron chi connectivity index (χ3n) is 3.67. The average molecular weight is 262 g/mol. The van der Waals surface area contributed by atoms with Crippen LogP contribution in [-0.2, 0) is 4.74 Å². The number of nitrogens with zero attached hydrogens (tertiary/aromatic N) is 1. The second-order valence-corrected chi connectivity index (χ2v) is 5.22. The van der Waals surface area contributed by atoms with E-state index in [2.05, 4.69) is 24.1 Å². The van der Waals surface area contributed by atoms with Gasteiger partial charge in [-0.25, -0.2) is 4.79 Å². The van der Waals surface area contributed by atoms with E-state index in [1.165, 1.54) is 7.11 Å². The average Bonchev–Trinajstić information content (AvgIpc) is 2.46. The van der Waals surface area contributed by atoms with Crippen molar-refractivity contribution in [3.05, 3.63) is 29.8 Å². The predicted molar refractivity (Wildman–Crippen MR) is 76.6 cm³/mol. The lowest BCUT2D eigenvalue weighted by Crippen LogP contribution is -2.54. The van der Waals surface area contributed by atoms with E-state index in [0.29, 0.717) is 17.5 Å². The first-order chi connectivity index (χ1) is 9.15. The van der Waals surface area contributed by atoms with Crippen LogP contribution in [0.15, 0.2) is 24.3 Å². The zero-order chi connectivity index (χ0) is 13.8. The lowest BCUT2D eigenvalue weighted by Gasteiger charge is -2.41. The number of rotatable bonds is 3. The molecule has 1 atom stereocenters. The molecule has 1 heterocycles. The van der Waals surface area contributed by atoms with Crippen LogP contribution in [0.2, 0.25) is 0 Å². The van der Waals surface area contributed by atoms with Crippen LogP contribution < -0.4 is 10.2 Å². The van der Waals surface area contributed by atoms with E-state index in [4.69, 9.17) is 4.74 Å². The maximum Gasteiger partial charge on any atom is 0.339 e. The van der Waals surface area contributed by atoms with Gasteiger partial charge in [-0.2, -0.15) is 0 Å². The number of carbonyl (C=O) groups excluding carboxylic acids is 1. The molecule has 0 aliphatic carbocycles. The summed E-state index contributed by atoms with van der Waals surface area (Å²) in [6, 6.07) is 8.09. The Morgan fingerprint density at radius 3 is 2.84 bits per heavy atom. The number of carbonyl (C=O) groups is 1. The lowest BCUT2D eigenvalue weighted by molar-refractivity contribution is 0.0601. The van der Waals surface area contributed by atoms with Gasteiger partial charge in [0, 0.05) is 25.7 Å². The van der Waals surface area contributed by atoms with Gasteiger partial charge in [0.1, 0.15) is 0 Å². The molecule has 4 heteroatoms. The number of para-hydroxylation sites is 1. The molecule has 0 bridgehead atoms. The number of anilines is 1. The summed E-state index contributed by atoms with van der Waals surface area (Å²) in [5.41, 5.74) is 1.63. The molecule has 0 spiro atoms. The van der Waals surface area contributed by atoms with Gasteiger partial charge in [0.25, 0.3) is 0 Å². The summed E-state index contributed by atoms with van der Waals surface area (Å²) in [4.78, 5) is 14.2. The van der Waals surface area contributed by atoms with Crippen LogP contribution in [0.25, 0.3) is 0 Å². The minimum atomic E-state index is -0.267. The van der Waals surface area contributed by atoms with Crippen LogP contribution in [0.4, 0.5) is 5.69 Å². The topological polar surface area (TPSA) is 41.6 Å². The molecule has 1 aliphatic heterocycles. The molecule has 1 N–H and O–H groups in total. The number of esters is 1. The standard InChI is InChI=1S/C15H22N2O2/c1-11(2)14-10-16-8-9-17(14)13-7-5-4-6-12(13)15(18)19-3/h4-7,11,14,16H,8-10H2,1-3H3. The highest BCUT2D eigenvalue weighted by atomic mass is 16.5. The first-order valence-corrected chi connectivity index (χ1v) is 6.80. The Kier molecular flexibility index (Phi) is 4.43. The molecule has 1 saturated heterocycles. The van der Waals surface area contributed by atoms with Crippen molar-refractivity contribution < 1.29 is 9.53 Å². The Morgan fingerprint density at radius 1 is 1.42 bits per heavy atom. The van der Waals surface area contributed by atoms with Crippen molar-refractivity contribution in [1.29, 1.82) is 0 Å². The Hall–Kier alpha value is -1.55. The normalized spacial score (nSPS) is 19.6. The molecule has 1 aromatic carbocycles. The van der Waals surface area contributed by atoms with Gasteiger partial charge in [-0.15, -0.1) is 0 Å². The summed E-state index contributed by atoms with van der Waals surface area (Å²) in [5.74, 6) is 0.259. The van der Waals surface area contributed by atoms with E-state index >= 15 is 0 Å². The van der Waals surface area contributed by atoms with E-state index in [1.54, 1.807) is 0 Å². The van der Waals surface area contributed by atoms with Gasteiger partial charge in [0.2, 0.25) is 0 Å². The number of hydrogen-bond donors (Lipinski definition) is 1. The fourth-order valence-corrected chi connectivity index (χ4v) is 2.63. The molecular weight excluding hydrogens is 240 g/mol. The minimum absolute atomic E-state index is 0.267. The van der Waals surface area contributed by atoms with Crippen LogP contribution in [0.1, 0.15) is 24.2 Å². The highest BCUT2D eigenvalue weighted by Crippen LogP contribution is 2.26. The molecule has 1 aromatic rings. The number of ether oxygens (including phenoxy) is 1. The van der Waals surface area contributed by atoms with E-state index in [-0.39, 0.29) is 5.97 Å². The smallest absolute Gasteiger partial charge is 0.339 e. The largest absolute Gasteiger partial charge is 0.465 e. The first kappa shape index (κ1) is 13.9. The van der Waals surface area contributed by atoms with Gasteiger partial charge in [-0.3, -0.25) is 0 Å². The molecule has 0 amide bonds. The Morgan fingerprint density at radius 2 is 2.16 bits per heavy atom. The Balaban J connectivity index is 2.36. The number of benzene rings is 1. The monoisotopic (exact) mass is 262 g/mol. The number of hydrogen-bond acceptors (Lipinski definition) is 4. The maximum atomic E-state index is 11.9. The summed E-state index contributed by atoms with van der Waals surface area (Å²) >= 11 is 0. The van der Waals surface area contributed by atoms with Gasteiger partial charge in [-0.05, 0) is 18.1 Å². The van der Waals surface area contributed by atoms with Crippen molar-refractivity contribution in [3.63, 3.8) is 0 Å². The highest BCUT2D eigenvalue weighted by molar-refractivity contribution is 5.95. The molecule has 19 heavy (non-hydrogen) atoms. The summed E-state index contributed by atoms with van der Waals surface area (Å²) in [5, 5.41) is 3.42. The van der Waals surface area contributed by atoms with Gasteiger partial charge in [0.15, 0.2) is 0 Å². The second-order valence-electron chi connectivity index (χ2n) is 5.22.